The van der Waals surface area contributed by atoms with Crippen molar-refractivity contribution in [2.24, 2.45) is 0 Å². The number of halogens is 1. The Kier molecular flexibility index (Phi) is 5.95. The lowest BCUT2D eigenvalue weighted by Gasteiger charge is -2.32. The molecule has 1 saturated heterocycles. The summed E-state index contributed by atoms with van der Waals surface area (Å²) in [6.45, 7) is 3.53. The fourth-order valence-corrected chi connectivity index (χ4v) is 3.24. The average molecular weight is 359 g/mol. The first-order valence-corrected chi connectivity index (χ1v) is 9.06. The summed E-state index contributed by atoms with van der Waals surface area (Å²) in [6.07, 6.45) is 3.53. The van der Waals surface area contributed by atoms with Crippen LogP contribution in [0, 0.1) is 0 Å². The van der Waals surface area contributed by atoms with Crippen molar-refractivity contribution in [1.82, 2.24) is 4.90 Å². The number of para-hydroxylation sites is 1. The second-order valence-corrected chi connectivity index (χ2v) is 6.86. The van der Waals surface area contributed by atoms with Gasteiger partial charge in [-0.1, -0.05) is 36.2 Å². The Balaban J connectivity index is 1.70. The fraction of sp³-hybridized carbons (Fsp3) is 0.350. The molecule has 132 valence electrons. The standard InChI is InChI=1S/C20H23ClN2O2/c1-15-7-5-6-12-23(15)14-20(24)22-18-13-16(21)10-11-19(18)25-17-8-3-2-4-9-17/h2-4,8-11,13,15H,5-7,12,14H2,1H3,(H,22,24). The minimum atomic E-state index is -0.0473. The monoisotopic (exact) mass is 358 g/mol. The van der Waals surface area contributed by atoms with E-state index in [1.165, 1.54) is 6.42 Å². The molecule has 0 saturated carbocycles. The Hall–Kier alpha value is -2.04. The van der Waals surface area contributed by atoms with E-state index in [2.05, 4.69) is 17.1 Å². The Morgan fingerprint density at radius 3 is 2.80 bits per heavy atom. The van der Waals surface area contributed by atoms with Crippen molar-refractivity contribution in [1.29, 1.82) is 0 Å². The number of piperidine rings is 1. The van der Waals surface area contributed by atoms with Gasteiger partial charge in [0.1, 0.15) is 5.75 Å². The van der Waals surface area contributed by atoms with E-state index in [0.717, 1.165) is 19.4 Å². The second-order valence-electron chi connectivity index (χ2n) is 6.42. The first-order valence-electron chi connectivity index (χ1n) is 8.68. The molecule has 1 atom stereocenters. The molecule has 1 aliphatic rings. The van der Waals surface area contributed by atoms with Gasteiger partial charge in [-0.15, -0.1) is 0 Å². The molecule has 1 amide bonds. The highest BCUT2D eigenvalue weighted by molar-refractivity contribution is 6.31. The number of benzene rings is 2. The molecule has 3 rings (SSSR count). The predicted molar refractivity (Wildman–Crippen MR) is 101 cm³/mol. The molecule has 1 unspecified atom stereocenters. The molecule has 2 aromatic rings. The van der Waals surface area contributed by atoms with Gasteiger partial charge >= 0.3 is 0 Å². The number of rotatable bonds is 5. The maximum Gasteiger partial charge on any atom is 0.238 e. The molecule has 1 fully saturated rings. The Morgan fingerprint density at radius 2 is 2.04 bits per heavy atom. The SMILES string of the molecule is CC1CCCCN1CC(=O)Nc1cc(Cl)ccc1Oc1ccccc1. The number of likely N-dealkylation sites (tertiary alicyclic amines) is 1. The number of anilines is 1. The summed E-state index contributed by atoms with van der Waals surface area (Å²) in [7, 11) is 0. The van der Waals surface area contributed by atoms with Crippen LogP contribution in [0.2, 0.25) is 5.02 Å². The number of carbonyl (C=O) groups is 1. The quantitative estimate of drug-likeness (QED) is 0.822. The summed E-state index contributed by atoms with van der Waals surface area (Å²) in [5.74, 6) is 1.24. The average Bonchev–Trinajstić information content (AvgIpc) is 2.60. The maximum absolute atomic E-state index is 12.5. The Bertz CT molecular complexity index is 721. The van der Waals surface area contributed by atoms with Gasteiger partial charge in [0, 0.05) is 11.1 Å². The van der Waals surface area contributed by atoms with Gasteiger partial charge in [0.25, 0.3) is 0 Å². The minimum Gasteiger partial charge on any atom is -0.455 e. The van der Waals surface area contributed by atoms with Gasteiger partial charge in [-0.25, -0.2) is 0 Å². The Labute approximate surface area is 153 Å². The third-order valence-corrected chi connectivity index (χ3v) is 4.71. The van der Waals surface area contributed by atoms with Crippen molar-refractivity contribution in [2.75, 3.05) is 18.4 Å². The highest BCUT2D eigenvalue weighted by atomic mass is 35.5. The van der Waals surface area contributed by atoms with Crippen LogP contribution in [-0.2, 0) is 4.79 Å². The van der Waals surface area contributed by atoms with Crippen LogP contribution in [0.1, 0.15) is 26.2 Å². The molecule has 25 heavy (non-hydrogen) atoms. The van der Waals surface area contributed by atoms with Gasteiger partial charge in [0.2, 0.25) is 5.91 Å². The topological polar surface area (TPSA) is 41.6 Å². The third kappa shape index (κ3) is 4.97. The number of carbonyl (C=O) groups excluding carboxylic acids is 1. The van der Waals surface area contributed by atoms with Gasteiger partial charge in [-0.2, -0.15) is 0 Å². The highest BCUT2D eigenvalue weighted by Crippen LogP contribution is 2.32. The first-order chi connectivity index (χ1) is 12.1. The summed E-state index contributed by atoms with van der Waals surface area (Å²) >= 11 is 6.10. The largest absolute Gasteiger partial charge is 0.455 e. The summed E-state index contributed by atoms with van der Waals surface area (Å²) in [6, 6.07) is 15.2. The lowest BCUT2D eigenvalue weighted by molar-refractivity contribution is -0.118. The molecular weight excluding hydrogens is 336 g/mol. The molecule has 0 aromatic heterocycles. The van der Waals surface area contributed by atoms with Gasteiger partial charge in [-0.05, 0) is 56.6 Å². The fourth-order valence-electron chi connectivity index (χ4n) is 3.07. The molecule has 4 nitrogen and oxygen atoms in total. The van der Waals surface area contributed by atoms with Crippen molar-refractivity contribution in [2.45, 2.75) is 32.2 Å². The van der Waals surface area contributed by atoms with Crippen LogP contribution in [0.4, 0.5) is 5.69 Å². The Morgan fingerprint density at radius 1 is 1.24 bits per heavy atom. The zero-order valence-electron chi connectivity index (χ0n) is 14.4. The van der Waals surface area contributed by atoms with E-state index in [4.69, 9.17) is 16.3 Å². The predicted octanol–water partition coefficient (Wildman–Crippen LogP) is 4.95. The zero-order chi connectivity index (χ0) is 17.6. The van der Waals surface area contributed by atoms with E-state index < -0.39 is 0 Å². The normalized spacial score (nSPS) is 17.9. The van der Waals surface area contributed by atoms with E-state index in [1.54, 1.807) is 18.2 Å². The summed E-state index contributed by atoms with van der Waals surface area (Å²) in [5, 5.41) is 3.51. The summed E-state index contributed by atoms with van der Waals surface area (Å²) in [5.41, 5.74) is 0.589. The number of ether oxygens (including phenoxy) is 1. The number of nitrogens with one attached hydrogen (secondary N) is 1. The van der Waals surface area contributed by atoms with E-state index in [9.17, 15) is 4.79 Å². The van der Waals surface area contributed by atoms with Crippen LogP contribution >= 0.6 is 11.6 Å². The van der Waals surface area contributed by atoms with Crippen molar-refractivity contribution in [3.63, 3.8) is 0 Å². The van der Waals surface area contributed by atoms with E-state index in [-0.39, 0.29) is 5.91 Å². The van der Waals surface area contributed by atoms with Crippen molar-refractivity contribution >= 4 is 23.2 Å². The van der Waals surface area contributed by atoms with Gasteiger partial charge in [0.15, 0.2) is 5.75 Å². The molecule has 1 N–H and O–H groups in total. The molecule has 0 radical (unpaired) electrons. The van der Waals surface area contributed by atoms with E-state index in [1.807, 2.05) is 30.3 Å². The zero-order valence-corrected chi connectivity index (χ0v) is 15.1. The van der Waals surface area contributed by atoms with Crippen LogP contribution in [0.5, 0.6) is 11.5 Å². The van der Waals surface area contributed by atoms with Gasteiger partial charge in [0.05, 0.1) is 12.2 Å². The molecular formula is C20H23ClN2O2. The van der Waals surface area contributed by atoms with E-state index in [0.29, 0.717) is 34.8 Å². The second kappa shape index (κ2) is 8.37. The molecule has 0 bridgehead atoms. The third-order valence-electron chi connectivity index (χ3n) is 4.47. The van der Waals surface area contributed by atoms with Crippen LogP contribution in [-0.4, -0.2) is 29.9 Å². The lowest BCUT2D eigenvalue weighted by atomic mass is 10.0. The molecule has 2 aromatic carbocycles. The molecule has 0 spiro atoms. The van der Waals surface area contributed by atoms with E-state index >= 15 is 0 Å². The number of hydrogen-bond donors (Lipinski definition) is 1. The van der Waals surface area contributed by atoms with Crippen LogP contribution in [0.15, 0.2) is 48.5 Å². The van der Waals surface area contributed by atoms with Crippen molar-refractivity contribution in [3.05, 3.63) is 53.6 Å². The smallest absolute Gasteiger partial charge is 0.238 e. The van der Waals surface area contributed by atoms with Gasteiger partial charge < -0.3 is 10.1 Å². The van der Waals surface area contributed by atoms with Gasteiger partial charge in [-0.3, -0.25) is 9.69 Å². The van der Waals surface area contributed by atoms with Crippen molar-refractivity contribution < 1.29 is 9.53 Å². The summed E-state index contributed by atoms with van der Waals surface area (Å²) in [4.78, 5) is 14.7. The molecule has 1 heterocycles. The van der Waals surface area contributed by atoms with Crippen LogP contribution in [0.3, 0.4) is 0 Å². The lowest BCUT2D eigenvalue weighted by Crippen LogP contribution is -2.42. The van der Waals surface area contributed by atoms with Crippen LogP contribution in [0.25, 0.3) is 0 Å². The van der Waals surface area contributed by atoms with Crippen molar-refractivity contribution in [3.8, 4) is 11.5 Å². The molecule has 0 aliphatic carbocycles. The number of hydrogen-bond acceptors (Lipinski definition) is 3. The first kappa shape index (κ1) is 17.8. The molecule has 5 heteroatoms. The number of nitrogens with zero attached hydrogens (tertiary/aromatic N) is 1. The highest BCUT2D eigenvalue weighted by Gasteiger charge is 2.21. The summed E-state index contributed by atoms with van der Waals surface area (Å²) < 4.78 is 5.89. The minimum absolute atomic E-state index is 0.0473. The maximum atomic E-state index is 12.5. The van der Waals surface area contributed by atoms with Crippen LogP contribution < -0.4 is 10.1 Å². The number of amides is 1. The molecule has 1 aliphatic heterocycles.